The van der Waals surface area contributed by atoms with Crippen LogP contribution in [0.15, 0.2) is 54.6 Å². The van der Waals surface area contributed by atoms with E-state index in [2.05, 4.69) is 11.6 Å². The van der Waals surface area contributed by atoms with Crippen molar-refractivity contribution in [2.45, 2.75) is 25.2 Å². The van der Waals surface area contributed by atoms with Crippen molar-refractivity contribution >= 4 is 13.6 Å². The summed E-state index contributed by atoms with van der Waals surface area (Å²) in [5.41, 5.74) is 0.453. The minimum Gasteiger partial charge on any atom is -0.330 e. The van der Waals surface area contributed by atoms with Crippen molar-refractivity contribution < 1.29 is 17.7 Å². The van der Waals surface area contributed by atoms with E-state index in [1.165, 1.54) is 12.1 Å². The summed E-state index contributed by atoms with van der Waals surface area (Å²) in [6.07, 6.45) is -4.39. The Bertz CT molecular complexity index is 660. The Balaban J connectivity index is 1.84. The molecule has 23 heavy (non-hydrogen) atoms. The van der Waals surface area contributed by atoms with Gasteiger partial charge in [-0.2, -0.15) is 13.2 Å². The molecule has 3 atom stereocenters. The molecule has 0 aromatic heterocycles. The van der Waals surface area contributed by atoms with Gasteiger partial charge in [0.15, 0.2) is 0 Å². The van der Waals surface area contributed by atoms with E-state index in [0.29, 0.717) is 0 Å². The lowest BCUT2D eigenvalue weighted by molar-refractivity contribution is -0.137. The molecule has 1 unspecified atom stereocenters. The first kappa shape index (κ1) is 16.4. The lowest BCUT2D eigenvalue weighted by Gasteiger charge is -2.20. The molecule has 0 saturated carbocycles. The summed E-state index contributed by atoms with van der Waals surface area (Å²) in [6, 6.07) is 15.3. The van der Waals surface area contributed by atoms with E-state index < -0.39 is 20.0 Å². The number of rotatable bonds is 2. The Labute approximate surface area is 134 Å². The fourth-order valence-electron chi connectivity index (χ4n) is 2.63. The summed E-state index contributed by atoms with van der Waals surface area (Å²) in [7, 11) is 0.869. The zero-order valence-corrected chi connectivity index (χ0v) is 13.7. The van der Waals surface area contributed by atoms with E-state index in [0.717, 1.165) is 23.0 Å². The molecule has 0 aliphatic carbocycles. The van der Waals surface area contributed by atoms with Crippen LogP contribution in [0.2, 0.25) is 0 Å². The van der Waals surface area contributed by atoms with Crippen LogP contribution in [-0.4, -0.2) is 17.8 Å². The van der Waals surface area contributed by atoms with E-state index in [9.17, 15) is 13.2 Å². The summed E-state index contributed by atoms with van der Waals surface area (Å²) in [4.78, 5) is 0. The van der Waals surface area contributed by atoms with E-state index in [-0.39, 0.29) is 12.1 Å². The third-order valence-electron chi connectivity index (χ3n) is 4.07. The fourth-order valence-corrected chi connectivity index (χ4v) is 4.64. The number of hydrogen-bond donors (Lipinski definition) is 0. The highest BCUT2D eigenvalue weighted by molar-refractivity contribution is 7.58. The zero-order valence-electron chi connectivity index (χ0n) is 12.8. The van der Waals surface area contributed by atoms with Gasteiger partial charge in [-0.05, 0) is 31.7 Å². The molecule has 0 spiro atoms. The Morgan fingerprint density at radius 3 is 2.17 bits per heavy atom. The van der Waals surface area contributed by atoms with Crippen molar-refractivity contribution in [3.63, 3.8) is 0 Å². The highest BCUT2D eigenvalue weighted by Crippen LogP contribution is 2.54. The van der Waals surface area contributed by atoms with Crippen LogP contribution in [0.25, 0.3) is 0 Å². The van der Waals surface area contributed by atoms with Gasteiger partial charge < -0.3 is 4.52 Å². The van der Waals surface area contributed by atoms with Crippen molar-refractivity contribution in [1.82, 2.24) is 4.67 Å². The van der Waals surface area contributed by atoms with Crippen molar-refractivity contribution in [3.05, 3.63) is 65.7 Å². The van der Waals surface area contributed by atoms with Gasteiger partial charge in [0.1, 0.15) is 14.4 Å². The zero-order chi connectivity index (χ0) is 16.6. The highest BCUT2D eigenvalue weighted by Gasteiger charge is 2.39. The third-order valence-corrected chi connectivity index (χ3v) is 6.18. The minimum absolute atomic E-state index is 0.0744. The Kier molecular flexibility index (Phi) is 4.45. The number of halogens is 3. The first-order valence-electron chi connectivity index (χ1n) is 7.30. The summed E-state index contributed by atoms with van der Waals surface area (Å²) in [5, 5.41) is 0.792. The maximum atomic E-state index is 12.7. The predicted molar refractivity (Wildman–Crippen MR) is 85.5 cm³/mol. The van der Waals surface area contributed by atoms with Crippen LogP contribution in [-0.2, 0) is 10.7 Å². The molecule has 1 aliphatic rings. The average Bonchev–Trinajstić information content (AvgIpc) is 2.84. The minimum atomic E-state index is -4.31. The van der Waals surface area contributed by atoms with Gasteiger partial charge in [-0.3, -0.25) is 4.67 Å². The van der Waals surface area contributed by atoms with E-state index >= 15 is 0 Å². The second-order valence-corrected chi connectivity index (χ2v) is 7.47. The molecule has 0 N–H and O–H groups in total. The molecule has 0 bridgehead atoms. The second kappa shape index (κ2) is 6.23. The molecule has 1 heterocycles. The fraction of sp³-hybridized carbons (Fsp3) is 0.294. The van der Waals surface area contributed by atoms with Gasteiger partial charge in [0.05, 0.1) is 5.56 Å². The van der Waals surface area contributed by atoms with Gasteiger partial charge in [0, 0.05) is 11.3 Å². The molecule has 0 radical (unpaired) electrons. The number of hydrogen-bond acceptors (Lipinski definition) is 2. The summed E-state index contributed by atoms with van der Waals surface area (Å²) in [6.45, 7) is 2.07. The van der Waals surface area contributed by atoms with Crippen LogP contribution in [0, 0.1) is 0 Å². The van der Waals surface area contributed by atoms with Gasteiger partial charge >= 0.3 is 6.18 Å². The van der Waals surface area contributed by atoms with Crippen molar-refractivity contribution in [2.75, 3.05) is 7.05 Å². The molecule has 122 valence electrons. The molecule has 0 amide bonds. The van der Waals surface area contributed by atoms with Crippen LogP contribution in [0.4, 0.5) is 13.2 Å². The number of alkyl halides is 3. The van der Waals surface area contributed by atoms with E-state index in [4.69, 9.17) is 4.52 Å². The van der Waals surface area contributed by atoms with Crippen LogP contribution in [0.3, 0.4) is 0 Å². The van der Waals surface area contributed by atoms with Crippen LogP contribution >= 0.6 is 8.30 Å². The van der Waals surface area contributed by atoms with Crippen molar-refractivity contribution in [1.29, 1.82) is 0 Å². The van der Waals surface area contributed by atoms with Gasteiger partial charge in [0.25, 0.3) is 0 Å². The average molecular weight is 339 g/mol. The molecule has 6 heteroatoms. The molecule has 1 fully saturated rings. The number of benzene rings is 2. The lowest BCUT2D eigenvalue weighted by atomic mass is 10.0. The molecule has 2 nitrogen and oxygen atoms in total. The summed E-state index contributed by atoms with van der Waals surface area (Å²) < 4.78 is 46.3. The Morgan fingerprint density at radius 1 is 1.00 bits per heavy atom. The molecular formula is C17H17F3NOP. The quantitative estimate of drug-likeness (QED) is 0.733. The molecule has 1 saturated heterocycles. The summed E-state index contributed by atoms with van der Waals surface area (Å²) >= 11 is 0. The lowest BCUT2D eigenvalue weighted by Crippen LogP contribution is -2.24. The maximum absolute atomic E-state index is 12.7. The van der Waals surface area contributed by atoms with Crippen molar-refractivity contribution in [2.24, 2.45) is 0 Å². The number of likely N-dealkylation sites (N-methyl/N-ethyl adjacent to an activating group) is 1. The second-order valence-electron chi connectivity index (χ2n) is 5.57. The Morgan fingerprint density at radius 2 is 1.61 bits per heavy atom. The van der Waals surface area contributed by atoms with Crippen LogP contribution in [0.5, 0.6) is 0 Å². The topological polar surface area (TPSA) is 12.5 Å². The first-order chi connectivity index (χ1) is 10.9. The SMILES string of the molecule is C[C@H]1[C@@H](c2ccccc2)OP(c2ccc(C(F)(F)F)cc2)N1C. The first-order valence-corrected chi connectivity index (χ1v) is 8.51. The molecular weight excluding hydrogens is 322 g/mol. The maximum Gasteiger partial charge on any atom is 0.416 e. The van der Waals surface area contributed by atoms with Gasteiger partial charge in [-0.25, -0.2) is 0 Å². The molecule has 2 aromatic rings. The molecule has 2 aromatic carbocycles. The largest absolute Gasteiger partial charge is 0.416 e. The number of nitrogens with zero attached hydrogens (tertiary/aromatic N) is 1. The smallest absolute Gasteiger partial charge is 0.330 e. The monoisotopic (exact) mass is 339 g/mol. The van der Waals surface area contributed by atoms with Gasteiger partial charge in [-0.15, -0.1) is 0 Å². The predicted octanol–water partition coefficient (Wildman–Crippen LogP) is 4.73. The third kappa shape index (κ3) is 3.27. The van der Waals surface area contributed by atoms with Gasteiger partial charge in [-0.1, -0.05) is 42.5 Å². The van der Waals surface area contributed by atoms with Gasteiger partial charge in [0.2, 0.25) is 0 Å². The van der Waals surface area contributed by atoms with E-state index in [1.807, 2.05) is 37.4 Å². The molecule has 1 aliphatic heterocycles. The normalized spacial score (nSPS) is 25.7. The van der Waals surface area contributed by atoms with E-state index in [1.54, 1.807) is 0 Å². The standard InChI is InChI=1S/C17H17F3NOP/c1-12-16(13-6-4-3-5-7-13)22-23(21(12)2)15-10-8-14(9-11-15)17(18,19)20/h3-12,16H,1-2H3/t12-,16-,23?/m0/s1. The van der Waals surface area contributed by atoms with Crippen LogP contribution in [0.1, 0.15) is 24.2 Å². The highest BCUT2D eigenvalue weighted by atomic mass is 31.2. The molecule has 3 rings (SSSR count). The van der Waals surface area contributed by atoms with Crippen molar-refractivity contribution in [3.8, 4) is 0 Å². The van der Waals surface area contributed by atoms with Crippen LogP contribution < -0.4 is 5.30 Å². The summed E-state index contributed by atoms with van der Waals surface area (Å²) in [5.74, 6) is 0. The Hall–Kier alpha value is -1.42.